The van der Waals surface area contributed by atoms with Gasteiger partial charge in [-0.1, -0.05) is 20.6 Å². The van der Waals surface area contributed by atoms with Crippen LogP contribution in [0.25, 0.3) is 0 Å². The molecule has 4 heteroatoms. The van der Waals surface area contributed by atoms with Crippen molar-refractivity contribution in [2.45, 2.75) is 26.5 Å². The molecule has 1 N–H and O–H groups in total. The average Bonchev–Trinajstić information content (AvgIpc) is 1.67. The summed E-state index contributed by atoms with van der Waals surface area (Å²) in [6, 6.07) is 0. The van der Waals surface area contributed by atoms with E-state index in [-0.39, 0.29) is 27.0 Å². The van der Waals surface area contributed by atoms with Gasteiger partial charge in [0.1, 0.15) is 0 Å². The fourth-order valence-corrected chi connectivity index (χ4v) is 0.260. The Hall–Kier alpha value is 0.223. The van der Waals surface area contributed by atoms with Crippen LogP contribution in [0.5, 0.6) is 0 Å². The van der Waals surface area contributed by atoms with Crippen molar-refractivity contribution in [1.29, 1.82) is 0 Å². The zero-order valence-corrected chi connectivity index (χ0v) is 8.90. The van der Waals surface area contributed by atoms with Crippen LogP contribution in [0.1, 0.15) is 6.92 Å². The average molecular weight is 296 g/mol. The van der Waals surface area contributed by atoms with Gasteiger partial charge in [-0.3, -0.25) is 0 Å². The molecule has 0 saturated carbocycles. The zero-order valence-electron chi connectivity index (χ0n) is 5.97. The molecular formula is C5H11BNOW-. The third kappa shape index (κ3) is 6.10. The molecular weight excluding hydrogens is 285 g/mol. The molecule has 9 heavy (non-hydrogen) atoms. The van der Waals surface area contributed by atoms with Crippen LogP contribution >= 0.6 is 0 Å². The van der Waals surface area contributed by atoms with Gasteiger partial charge in [-0.25, -0.2) is 0 Å². The summed E-state index contributed by atoms with van der Waals surface area (Å²) < 4.78 is 0. The first-order valence-electron chi connectivity index (χ1n) is 2.81. The predicted octanol–water partition coefficient (Wildman–Crippen LogP) is 0.323. The summed E-state index contributed by atoms with van der Waals surface area (Å²) in [7, 11) is 0. The van der Waals surface area contributed by atoms with E-state index in [4.69, 9.17) is 0 Å². The Balaban J connectivity index is 0. The van der Waals surface area contributed by atoms with E-state index in [2.05, 4.69) is 19.0 Å². The van der Waals surface area contributed by atoms with Crippen molar-refractivity contribution < 1.29 is 25.9 Å². The van der Waals surface area contributed by atoms with Crippen LogP contribution in [0.4, 0.5) is 0 Å². The zero-order chi connectivity index (χ0) is 6.57. The largest absolute Gasteiger partial charge is 0.534 e. The van der Waals surface area contributed by atoms with E-state index in [0.717, 1.165) is 0 Å². The number of hydrogen-bond acceptors (Lipinski definition) is 1. The van der Waals surface area contributed by atoms with Crippen LogP contribution in [0, 0.1) is 0 Å². The van der Waals surface area contributed by atoms with Gasteiger partial charge in [-0.05, 0) is 5.94 Å². The van der Waals surface area contributed by atoms with Crippen molar-refractivity contribution in [3.05, 3.63) is 0 Å². The van der Waals surface area contributed by atoms with E-state index in [1.807, 2.05) is 6.92 Å². The summed E-state index contributed by atoms with van der Waals surface area (Å²) in [4.78, 5) is 9.68. The van der Waals surface area contributed by atoms with E-state index in [1.54, 1.807) is 6.41 Å². The minimum Gasteiger partial charge on any atom is -0.534 e. The molecule has 0 aliphatic carbocycles. The molecule has 0 bridgehead atoms. The number of carbonyl (C=O) groups excluding carboxylic acids is 1. The molecule has 1 amide bonds. The maximum absolute atomic E-state index is 9.68. The van der Waals surface area contributed by atoms with Crippen molar-refractivity contribution in [2.24, 2.45) is 0 Å². The summed E-state index contributed by atoms with van der Waals surface area (Å²) in [6.07, 6.45) is 1.65. The monoisotopic (exact) mass is 296 g/mol. The molecule has 0 rings (SSSR count). The summed E-state index contributed by atoms with van der Waals surface area (Å²) >= 11 is 0. The molecule has 0 radical (unpaired) electrons. The second-order valence-corrected chi connectivity index (χ2v) is 2.28. The summed E-state index contributed by atoms with van der Waals surface area (Å²) in [6.45, 7) is 6.55. The van der Waals surface area contributed by atoms with Gasteiger partial charge >= 0.3 is 0 Å². The first kappa shape index (κ1) is 12.0. The quantitative estimate of drug-likeness (QED) is 0.454. The summed E-state index contributed by atoms with van der Waals surface area (Å²) in [5.74, 6) is 0.243. The minimum absolute atomic E-state index is 0. The van der Waals surface area contributed by atoms with Crippen LogP contribution in [0.15, 0.2) is 0 Å². The van der Waals surface area contributed by atoms with Gasteiger partial charge in [0, 0.05) is 21.1 Å². The van der Waals surface area contributed by atoms with E-state index >= 15 is 0 Å². The van der Waals surface area contributed by atoms with Gasteiger partial charge in [-0.15, -0.1) is 0 Å². The Bertz CT molecular complexity index is 79.4. The summed E-state index contributed by atoms with van der Waals surface area (Å²) in [5.41, 5.74) is 0. The van der Waals surface area contributed by atoms with E-state index < -0.39 is 0 Å². The van der Waals surface area contributed by atoms with Crippen molar-refractivity contribution >= 4 is 13.1 Å². The smallest absolute Gasteiger partial charge is 0.157 e. The Morgan fingerprint density at radius 3 is 2.11 bits per heavy atom. The molecule has 1 atom stereocenters. The summed E-state index contributed by atoms with van der Waals surface area (Å²) in [5, 5.41) is 2.54. The standard InChI is InChI=1S/C5H11BNO.W/c1-5(6(2)3)7-4-8;/h5H,1-3H3,(H,7,8);/q-1;. The Morgan fingerprint density at radius 2 is 2.00 bits per heavy atom. The minimum atomic E-state index is 0. The molecule has 0 aliphatic rings. The van der Waals surface area contributed by atoms with Gasteiger partial charge < -0.3 is 10.1 Å². The van der Waals surface area contributed by atoms with Gasteiger partial charge in [0.05, 0.1) is 0 Å². The van der Waals surface area contributed by atoms with Gasteiger partial charge in [0.25, 0.3) is 0 Å². The Morgan fingerprint density at radius 1 is 1.56 bits per heavy atom. The van der Waals surface area contributed by atoms with E-state index in [0.29, 0.717) is 6.71 Å². The Kier molecular flexibility index (Phi) is 8.43. The number of hydrogen-bond donors (Lipinski definition) is 1. The van der Waals surface area contributed by atoms with Gasteiger partial charge in [-0.2, -0.15) is 6.41 Å². The fourth-order valence-electron chi connectivity index (χ4n) is 0.260. The van der Waals surface area contributed by atoms with Crippen molar-refractivity contribution in [3.63, 3.8) is 0 Å². The third-order valence-corrected chi connectivity index (χ3v) is 1.29. The SMILES string of the molecule is CB(C)C(C)N[C-]=O.[W]. The molecule has 2 nitrogen and oxygen atoms in total. The molecule has 0 aromatic heterocycles. The van der Waals surface area contributed by atoms with Gasteiger partial charge in [0.2, 0.25) is 0 Å². The van der Waals surface area contributed by atoms with Gasteiger partial charge in [0.15, 0.2) is 6.71 Å². The van der Waals surface area contributed by atoms with Crippen LogP contribution in [-0.2, 0) is 25.9 Å². The van der Waals surface area contributed by atoms with Crippen molar-refractivity contribution in [3.8, 4) is 0 Å². The third-order valence-electron chi connectivity index (χ3n) is 1.29. The Labute approximate surface area is 71.1 Å². The normalized spacial score (nSPS) is 11.0. The maximum Gasteiger partial charge on any atom is 0.157 e. The molecule has 0 aromatic carbocycles. The van der Waals surface area contributed by atoms with E-state index in [9.17, 15) is 4.79 Å². The fraction of sp³-hybridized carbons (Fsp3) is 0.800. The molecule has 0 heterocycles. The molecule has 0 aliphatic heterocycles. The first-order valence-corrected chi connectivity index (χ1v) is 2.81. The topological polar surface area (TPSA) is 29.1 Å². The number of nitrogens with one attached hydrogen (secondary N) is 1. The second kappa shape index (κ2) is 6.34. The molecule has 1 unspecified atom stereocenters. The molecule has 52 valence electrons. The molecule has 0 fully saturated rings. The number of amides is 1. The van der Waals surface area contributed by atoms with Crippen molar-refractivity contribution in [1.82, 2.24) is 5.32 Å². The maximum atomic E-state index is 9.68. The predicted molar refractivity (Wildman–Crippen MR) is 35.8 cm³/mol. The second-order valence-electron chi connectivity index (χ2n) is 2.28. The molecule has 0 aromatic rings. The molecule has 0 saturated heterocycles. The first-order chi connectivity index (χ1) is 3.68. The number of rotatable bonds is 3. The van der Waals surface area contributed by atoms with E-state index in [1.165, 1.54) is 0 Å². The van der Waals surface area contributed by atoms with Crippen LogP contribution in [-0.4, -0.2) is 19.1 Å². The molecule has 0 spiro atoms. The van der Waals surface area contributed by atoms with Crippen LogP contribution < -0.4 is 5.32 Å². The van der Waals surface area contributed by atoms with Crippen LogP contribution in [0.2, 0.25) is 13.6 Å². The van der Waals surface area contributed by atoms with Crippen molar-refractivity contribution in [2.75, 3.05) is 0 Å². The van der Waals surface area contributed by atoms with Crippen LogP contribution in [0.3, 0.4) is 0 Å².